The lowest BCUT2D eigenvalue weighted by Gasteiger charge is -2.21. The molecule has 23 heavy (non-hydrogen) atoms. The minimum Gasteiger partial charge on any atom is -0.323 e. The molecule has 0 aromatic carbocycles. The van der Waals surface area contributed by atoms with Crippen molar-refractivity contribution >= 4 is 23.4 Å². The average Bonchev–Trinajstić information content (AvgIpc) is 3.02. The molecule has 3 heterocycles. The Hall–Kier alpha value is -1.54. The van der Waals surface area contributed by atoms with Gasteiger partial charge in [0, 0.05) is 19.1 Å². The van der Waals surface area contributed by atoms with Gasteiger partial charge in [-0.15, -0.1) is 0 Å². The zero-order valence-corrected chi connectivity index (χ0v) is 13.2. The molecule has 3 rings (SSSR count). The lowest BCUT2D eigenvalue weighted by Crippen LogP contribution is -2.37. The molecular formula is C14H16ClF3N4O. The summed E-state index contributed by atoms with van der Waals surface area (Å²) in [6, 6.07) is 2.23. The number of carbonyl (C=O) groups is 1. The van der Waals surface area contributed by atoms with E-state index in [1.165, 1.54) is 6.07 Å². The Kier molecular flexibility index (Phi) is 4.14. The Morgan fingerprint density at radius 3 is 2.78 bits per heavy atom. The van der Waals surface area contributed by atoms with E-state index in [1.54, 1.807) is 4.90 Å². The molecule has 2 fully saturated rings. The van der Waals surface area contributed by atoms with Gasteiger partial charge in [-0.05, 0) is 38.1 Å². The highest BCUT2D eigenvalue weighted by Gasteiger charge is 2.41. The zero-order chi connectivity index (χ0) is 16.8. The number of alkyl halides is 3. The molecule has 0 saturated carbocycles. The smallest absolute Gasteiger partial charge is 0.323 e. The van der Waals surface area contributed by atoms with Crippen LogP contribution in [0.15, 0.2) is 12.1 Å². The van der Waals surface area contributed by atoms with Crippen LogP contribution in [0.4, 0.5) is 23.8 Å². The standard InChI is InChI=1S/C14H16ClF3N4O/c1-21-5-4-8-6-22(7-10(8)21)13(23)20-11-3-2-9(15)12(19-11)14(16,17)18/h2-3,8,10H,4-7H2,1H3,(H,19,20,23)/t8-,10+/m1/s1. The number of anilines is 1. The number of nitrogens with zero attached hydrogens (tertiary/aromatic N) is 3. The fourth-order valence-electron chi connectivity index (χ4n) is 3.24. The Morgan fingerprint density at radius 2 is 2.13 bits per heavy atom. The number of urea groups is 1. The van der Waals surface area contributed by atoms with Crippen molar-refractivity contribution in [3.8, 4) is 0 Å². The summed E-state index contributed by atoms with van der Waals surface area (Å²) in [7, 11) is 2.02. The largest absolute Gasteiger partial charge is 0.434 e. The number of aromatic nitrogens is 1. The quantitative estimate of drug-likeness (QED) is 0.849. The van der Waals surface area contributed by atoms with Crippen LogP contribution in [0, 0.1) is 5.92 Å². The van der Waals surface area contributed by atoms with E-state index in [2.05, 4.69) is 15.2 Å². The fourth-order valence-corrected chi connectivity index (χ4v) is 3.45. The highest BCUT2D eigenvalue weighted by molar-refractivity contribution is 6.31. The summed E-state index contributed by atoms with van der Waals surface area (Å²) in [5.41, 5.74) is -1.20. The number of hydrogen-bond donors (Lipinski definition) is 1. The van der Waals surface area contributed by atoms with E-state index >= 15 is 0 Å². The van der Waals surface area contributed by atoms with Crippen molar-refractivity contribution in [1.82, 2.24) is 14.8 Å². The number of nitrogens with one attached hydrogen (secondary N) is 1. The van der Waals surface area contributed by atoms with E-state index in [0.29, 0.717) is 25.0 Å². The molecule has 5 nitrogen and oxygen atoms in total. The third kappa shape index (κ3) is 3.23. The van der Waals surface area contributed by atoms with Crippen LogP contribution in [-0.2, 0) is 6.18 Å². The SMILES string of the molecule is CN1CC[C@@H]2CN(C(=O)Nc3ccc(Cl)c(C(F)(F)F)n3)C[C@@H]21. The Labute approximate surface area is 136 Å². The van der Waals surface area contributed by atoms with Gasteiger partial charge in [0.2, 0.25) is 0 Å². The monoisotopic (exact) mass is 348 g/mol. The predicted octanol–water partition coefficient (Wildman–Crippen LogP) is 2.92. The van der Waals surface area contributed by atoms with Crippen LogP contribution in [-0.4, -0.2) is 53.5 Å². The van der Waals surface area contributed by atoms with Crippen molar-refractivity contribution in [3.63, 3.8) is 0 Å². The first kappa shape index (κ1) is 16.3. The second-order valence-electron chi connectivity index (χ2n) is 5.96. The van der Waals surface area contributed by atoms with Gasteiger partial charge in [0.1, 0.15) is 5.82 Å². The number of likely N-dealkylation sites (N-methyl/N-ethyl adjacent to an activating group) is 1. The van der Waals surface area contributed by atoms with Crippen molar-refractivity contribution in [2.45, 2.75) is 18.6 Å². The van der Waals surface area contributed by atoms with Gasteiger partial charge in [0.25, 0.3) is 0 Å². The van der Waals surface area contributed by atoms with Crippen LogP contribution in [0.3, 0.4) is 0 Å². The molecule has 2 saturated heterocycles. The Morgan fingerprint density at radius 1 is 1.39 bits per heavy atom. The first-order valence-electron chi connectivity index (χ1n) is 7.25. The molecule has 0 radical (unpaired) electrons. The van der Waals surface area contributed by atoms with E-state index in [-0.39, 0.29) is 5.82 Å². The Balaban J connectivity index is 1.69. The molecule has 2 aliphatic heterocycles. The van der Waals surface area contributed by atoms with Crippen LogP contribution >= 0.6 is 11.6 Å². The van der Waals surface area contributed by atoms with Crippen LogP contribution < -0.4 is 5.32 Å². The van der Waals surface area contributed by atoms with E-state index in [0.717, 1.165) is 19.0 Å². The molecule has 1 N–H and O–H groups in total. The number of pyridine rings is 1. The summed E-state index contributed by atoms with van der Waals surface area (Å²) in [6.07, 6.45) is -3.63. The van der Waals surface area contributed by atoms with Gasteiger partial charge in [-0.3, -0.25) is 5.32 Å². The minimum atomic E-state index is -4.66. The van der Waals surface area contributed by atoms with E-state index in [4.69, 9.17) is 11.6 Å². The van der Waals surface area contributed by atoms with Gasteiger partial charge in [-0.1, -0.05) is 11.6 Å². The van der Waals surface area contributed by atoms with Crippen LogP contribution in [0.25, 0.3) is 0 Å². The lowest BCUT2D eigenvalue weighted by molar-refractivity contribution is -0.141. The van der Waals surface area contributed by atoms with Gasteiger partial charge in [0.05, 0.1) is 5.02 Å². The molecule has 0 aliphatic carbocycles. The molecule has 2 amide bonds. The maximum Gasteiger partial charge on any atom is 0.434 e. The minimum absolute atomic E-state index is 0.155. The highest BCUT2D eigenvalue weighted by atomic mass is 35.5. The molecule has 1 aromatic rings. The molecule has 1 aromatic heterocycles. The van der Waals surface area contributed by atoms with Crippen LogP contribution in [0.1, 0.15) is 12.1 Å². The second kappa shape index (κ2) is 5.83. The van der Waals surface area contributed by atoms with Crippen molar-refractivity contribution in [3.05, 3.63) is 22.8 Å². The third-order valence-electron chi connectivity index (χ3n) is 4.46. The number of likely N-dealkylation sites (tertiary alicyclic amines) is 2. The molecule has 0 bridgehead atoms. The third-order valence-corrected chi connectivity index (χ3v) is 4.77. The van der Waals surface area contributed by atoms with E-state index in [1.807, 2.05) is 7.05 Å². The van der Waals surface area contributed by atoms with Crippen molar-refractivity contribution < 1.29 is 18.0 Å². The Bertz CT molecular complexity index is 625. The molecule has 126 valence electrons. The predicted molar refractivity (Wildman–Crippen MR) is 79.4 cm³/mol. The topological polar surface area (TPSA) is 48.5 Å². The zero-order valence-electron chi connectivity index (χ0n) is 12.4. The fraction of sp³-hybridized carbons (Fsp3) is 0.571. The summed E-state index contributed by atoms with van der Waals surface area (Å²) >= 11 is 5.51. The number of carbonyl (C=O) groups excluding carboxylic acids is 1. The summed E-state index contributed by atoms with van der Waals surface area (Å²) in [4.78, 5) is 19.5. The summed E-state index contributed by atoms with van der Waals surface area (Å²) in [5.74, 6) is 0.270. The first-order valence-corrected chi connectivity index (χ1v) is 7.63. The maximum absolute atomic E-state index is 12.8. The van der Waals surface area contributed by atoms with E-state index in [9.17, 15) is 18.0 Å². The second-order valence-corrected chi connectivity index (χ2v) is 6.36. The highest BCUT2D eigenvalue weighted by Crippen LogP contribution is 2.34. The lowest BCUT2D eigenvalue weighted by atomic mass is 10.1. The molecular weight excluding hydrogens is 333 g/mol. The molecule has 2 aliphatic rings. The molecule has 9 heteroatoms. The van der Waals surface area contributed by atoms with Gasteiger partial charge < -0.3 is 9.80 Å². The van der Waals surface area contributed by atoms with Crippen LogP contribution in [0.5, 0.6) is 0 Å². The first-order chi connectivity index (χ1) is 10.8. The number of hydrogen-bond acceptors (Lipinski definition) is 3. The summed E-state index contributed by atoms with van der Waals surface area (Å²) in [5, 5.41) is 1.93. The van der Waals surface area contributed by atoms with Crippen molar-refractivity contribution in [2.75, 3.05) is 32.0 Å². The van der Waals surface area contributed by atoms with Crippen molar-refractivity contribution in [1.29, 1.82) is 0 Å². The average molecular weight is 349 g/mol. The van der Waals surface area contributed by atoms with Crippen molar-refractivity contribution in [2.24, 2.45) is 5.92 Å². The molecule has 0 spiro atoms. The van der Waals surface area contributed by atoms with Gasteiger partial charge in [-0.25, -0.2) is 9.78 Å². The van der Waals surface area contributed by atoms with Crippen LogP contribution in [0.2, 0.25) is 5.02 Å². The summed E-state index contributed by atoms with van der Waals surface area (Å²) < 4.78 is 38.4. The van der Waals surface area contributed by atoms with E-state index < -0.39 is 22.9 Å². The molecule has 0 unspecified atom stereocenters. The number of rotatable bonds is 1. The van der Waals surface area contributed by atoms with Gasteiger partial charge in [-0.2, -0.15) is 13.2 Å². The maximum atomic E-state index is 12.8. The molecule has 2 atom stereocenters. The summed E-state index contributed by atoms with van der Waals surface area (Å²) in [6.45, 7) is 2.20. The normalized spacial score (nSPS) is 24.8. The van der Waals surface area contributed by atoms with Gasteiger partial charge >= 0.3 is 12.2 Å². The number of fused-ring (bicyclic) bond motifs is 1. The number of halogens is 4. The van der Waals surface area contributed by atoms with Gasteiger partial charge in [0.15, 0.2) is 5.69 Å². The number of amides is 2.